The summed E-state index contributed by atoms with van der Waals surface area (Å²) in [5, 5.41) is 9.45. The fourth-order valence-electron chi connectivity index (χ4n) is 4.22. The number of benzene rings is 2. The zero-order valence-electron chi connectivity index (χ0n) is 15.7. The third-order valence-electron chi connectivity index (χ3n) is 5.40. The van der Waals surface area contributed by atoms with Crippen LogP contribution in [-0.2, 0) is 22.6 Å². The van der Waals surface area contributed by atoms with Crippen LogP contribution in [0.5, 0.6) is 5.75 Å². The van der Waals surface area contributed by atoms with E-state index in [1.54, 1.807) is 0 Å². The number of primary amides is 1. The molecule has 1 aliphatic carbocycles. The number of amides is 1. The third-order valence-corrected chi connectivity index (χ3v) is 5.40. The van der Waals surface area contributed by atoms with Crippen LogP contribution in [0.4, 0.5) is 4.39 Å². The first kappa shape index (κ1) is 19.1. The Morgan fingerprint density at radius 1 is 1.21 bits per heavy atom. The van der Waals surface area contributed by atoms with Crippen molar-refractivity contribution in [3.8, 4) is 5.75 Å². The predicted octanol–water partition coefficient (Wildman–Crippen LogP) is 2.63. The zero-order valence-corrected chi connectivity index (χ0v) is 15.7. The van der Waals surface area contributed by atoms with Gasteiger partial charge < -0.3 is 20.1 Å². The number of carbonyl (C=O) groups excluding carboxylic acids is 2. The number of aliphatic hydroxyl groups is 1. The maximum atomic E-state index is 15.0. The van der Waals surface area contributed by atoms with Crippen LogP contribution in [0.2, 0.25) is 0 Å². The van der Waals surface area contributed by atoms with Gasteiger partial charge in [0.1, 0.15) is 18.2 Å². The summed E-state index contributed by atoms with van der Waals surface area (Å²) in [4.78, 5) is 23.9. The molecular weight excluding hydrogens is 375 g/mol. The lowest BCUT2D eigenvalue weighted by Gasteiger charge is -2.22. The molecule has 1 aromatic heterocycles. The van der Waals surface area contributed by atoms with Crippen LogP contribution in [0.15, 0.2) is 42.5 Å². The Labute approximate surface area is 166 Å². The van der Waals surface area contributed by atoms with Crippen LogP contribution in [0.1, 0.15) is 35.6 Å². The standard InChI is InChI=1S/C22H21FN2O4/c23-15-9-10-17(29-18(27)12-26)20-19-14(22(24)28)7-4-8-16(19)25(21(15)20)11-13-5-2-1-3-6-13/h1-3,5-6,9-10,14,26H,4,7-8,11-12H2,(H2,24,28). The number of ether oxygens (including phenoxy) is 1. The summed E-state index contributed by atoms with van der Waals surface area (Å²) in [6.07, 6.45) is 1.96. The molecule has 0 radical (unpaired) electrons. The highest BCUT2D eigenvalue weighted by Gasteiger charge is 2.33. The fourth-order valence-corrected chi connectivity index (χ4v) is 4.22. The first-order valence-corrected chi connectivity index (χ1v) is 9.49. The van der Waals surface area contributed by atoms with E-state index in [4.69, 9.17) is 15.6 Å². The third kappa shape index (κ3) is 3.38. The highest BCUT2D eigenvalue weighted by atomic mass is 19.1. The van der Waals surface area contributed by atoms with E-state index >= 15 is 4.39 Å². The topological polar surface area (TPSA) is 94.6 Å². The second kappa shape index (κ2) is 7.67. The van der Waals surface area contributed by atoms with E-state index in [1.807, 2.05) is 34.9 Å². The Morgan fingerprint density at radius 3 is 2.66 bits per heavy atom. The summed E-state index contributed by atoms with van der Waals surface area (Å²) in [5.74, 6) is -2.29. The smallest absolute Gasteiger partial charge is 0.337 e. The van der Waals surface area contributed by atoms with Gasteiger partial charge in [0.15, 0.2) is 0 Å². The first-order valence-electron chi connectivity index (χ1n) is 9.49. The van der Waals surface area contributed by atoms with E-state index in [0.29, 0.717) is 30.3 Å². The van der Waals surface area contributed by atoms with Gasteiger partial charge in [-0.1, -0.05) is 30.3 Å². The number of hydrogen-bond donors (Lipinski definition) is 2. The molecule has 29 heavy (non-hydrogen) atoms. The number of aliphatic hydroxyl groups excluding tert-OH is 1. The van der Waals surface area contributed by atoms with Crippen molar-refractivity contribution < 1.29 is 23.8 Å². The molecular formula is C22H21FN2O4. The van der Waals surface area contributed by atoms with Gasteiger partial charge in [0.05, 0.1) is 11.4 Å². The average molecular weight is 396 g/mol. The van der Waals surface area contributed by atoms with Crippen LogP contribution < -0.4 is 10.5 Å². The highest BCUT2D eigenvalue weighted by Crippen LogP contribution is 2.44. The van der Waals surface area contributed by atoms with Gasteiger partial charge >= 0.3 is 5.97 Å². The van der Waals surface area contributed by atoms with Gasteiger partial charge in [0.2, 0.25) is 5.91 Å². The molecule has 0 spiro atoms. The number of aromatic nitrogens is 1. The molecule has 150 valence electrons. The molecule has 4 rings (SSSR count). The van der Waals surface area contributed by atoms with E-state index < -0.39 is 30.2 Å². The summed E-state index contributed by atoms with van der Waals surface area (Å²) < 4.78 is 22.2. The maximum absolute atomic E-state index is 15.0. The van der Waals surface area contributed by atoms with Crippen molar-refractivity contribution >= 4 is 22.8 Å². The molecule has 0 fully saturated rings. The lowest BCUT2D eigenvalue weighted by Crippen LogP contribution is -2.25. The number of esters is 1. The van der Waals surface area contributed by atoms with Crippen LogP contribution in [0, 0.1) is 5.82 Å². The molecule has 6 nitrogen and oxygen atoms in total. The maximum Gasteiger partial charge on any atom is 0.337 e. The minimum absolute atomic E-state index is 0.122. The molecule has 0 saturated heterocycles. The monoisotopic (exact) mass is 396 g/mol. The van der Waals surface area contributed by atoms with E-state index in [9.17, 15) is 9.59 Å². The Kier molecular flexibility index (Phi) is 5.07. The van der Waals surface area contributed by atoms with Crippen LogP contribution in [0.3, 0.4) is 0 Å². The van der Waals surface area contributed by atoms with Gasteiger partial charge in [-0.25, -0.2) is 9.18 Å². The predicted molar refractivity (Wildman–Crippen MR) is 105 cm³/mol. The number of hydrogen-bond acceptors (Lipinski definition) is 4. The molecule has 2 aromatic carbocycles. The number of nitrogens with zero attached hydrogens (tertiary/aromatic N) is 1. The molecule has 1 unspecified atom stereocenters. The minimum atomic E-state index is -0.853. The van der Waals surface area contributed by atoms with E-state index in [1.165, 1.54) is 12.1 Å². The van der Waals surface area contributed by atoms with Gasteiger partial charge in [-0.3, -0.25) is 4.79 Å². The number of halogens is 1. The highest BCUT2D eigenvalue weighted by molar-refractivity contribution is 5.98. The number of nitrogens with two attached hydrogens (primary N) is 1. The molecule has 7 heteroatoms. The SMILES string of the molecule is NC(=O)C1CCCc2c1c1c(OC(=O)CO)ccc(F)c1n2Cc1ccccc1. The summed E-state index contributed by atoms with van der Waals surface area (Å²) in [6, 6.07) is 12.2. The van der Waals surface area contributed by atoms with Crippen molar-refractivity contribution in [3.63, 3.8) is 0 Å². The van der Waals surface area contributed by atoms with Gasteiger partial charge in [0.25, 0.3) is 0 Å². The second-order valence-corrected chi connectivity index (χ2v) is 7.18. The molecule has 1 aliphatic rings. The number of fused-ring (bicyclic) bond motifs is 3. The van der Waals surface area contributed by atoms with E-state index in [2.05, 4.69) is 0 Å². The first-order chi connectivity index (χ1) is 14.0. The second-order valence-electron chi connectivity index (χ2n) is 7.18. The van der Waals surface area contributed by atoms with Gasteiger partial charge in [0, 0.05) is 17.6 Å². The minimum Gasteiger partial charge on any atom is -0.424 e. The Bertz CT molecular complexity index is 1090. The van der Waals surface area contributed by atoms with Crippen molar-refractivity contribution in [3.05, 3.63) is 65.1 Å². The van der Waals surface area contributed by atoms with Crippen molar-refractivity contribution in [2.45, 2.75) is 31.7 Å². The zero-order chi connectivity index (χ0) is 20.5. The lowest BCUT2D eigenvalue weighted by molar-refractivity contribution is -0.137. The van der Waals surface area contributed by atoms with Crippen LogP contribution in [-0.4, -0.2) is 28.2 Å². The fraction of sp³-hybridized carbons (Fsp3) is 0.273. The van der Waals surface area contributed by atoms with Crippen LogP contribution >= 0.6 is 0 Å². The van der Waals surface area contributed by atoms with Crippen molar-refractivity contribution in [1.82, 2.24) is 4.57 Å². The lowest BCUT2D eigenvalue weighted by atomic mass is 9.84. The molecule has 1 amide bonds. The van der Waals surface area contributed by atoms with Crippen molar-refractivity contribution in [2.24, 2.45) is 5.73 Å². The summed E-state index contributed by atoms with van der Waals surface area (Å²) in [7, 11) is 0. The molecule has 1 heterocycles. The number of rotatable bonds is 5. The van der Waals surface area contributed by atoms with Gasteiger partial charge in [-0.2, -0.15) is 0 Å². The Balaban J connectivity index is 2.01. The van der Waals surface area contributed by atoms with Gasteiger partial charge in [-0.05, 0) is 42.5 Å². The summed E-state index contributed by atoms with van der Waals surface area (Å²) in [6.45, 7) is -0.391. The average Bonchev–Trinajstić information content (AvgIpc) is 3.06. The normalized spacial score (nSPS) is 15.9. The number of carbonyl (C=O) groups is 2. The summed E-state index contributed by atoms with van der Waals surface area (Å²) in [5.41, 5.74) is 8.36. The Hall–Kier alpha value is -3.19. The summed E-state index contributed by atoms with van der Waals surface area (Å²) >= 11 is 0. The van der Waals surface area contributed by atoms with Crippen molar-refractivity contribution in [2.75, 3.05) is 6.61 Å². The van der Waals surface area contributed by atoms with Crippen molar-refractivity contribution in [1.29, 1.82) is 0 Å². The van der Waals surface area contributed by atoms with E-state index in [0.717, 1.165) is 17.7 Å². The molecule has 0 aliphatic heterocycles. The largest absolute Gasteiger partial charge is 0.424 e. The molecule has 3 aromatic rings. The molecule has 1 atom stereocenters. The molecule has 3 N–H and O–H groups in total. The van der Waals surface area contributed by atoms with Crippen LogP contribution in [0.25, 0.3) is 10.9 Å². The quantitative estimate of drug-likeness (QED) is 0.512. The molecule has 0 saturated carbocycles. The van der Waals surface area contributed by atoms with Gasteiger partial charge in [-0.15, -0.1) is 0 Å². The van der Waals surface area contributed by atoms with E-state index in [-0.39, 0.29) is 11.3 Å². The Morgan fingerprint density at radius 2 is 1.97 bits per heavy atom. The molecule has 0 bridgehead atoms.